The lowest BCUT2D eigenvalue weighted by Gasteiger charge is -2.28. The second-order valence-corrected chi connectivity index (χ2v) is 8.95. The van der Waals surface area contributed by atoms with Crippen LogP contribution in [0.3, 0.4) is 0 Å². The lowest BCUT2D eigenvalue weighted by Crippen LogP contribution is -2.40. The first kappa shape index (κ1) is 18.8. The fourth-order valence-electron chi connectivity index (χ4n) is 5.00. The smallest absolute Gasteiger partial charge is 0.230 e. The van der Waals surface area contributed by atoms with Gasteiger partial charge in [0.15, 0.2) is 5.16 Å². The Morgan fingerprint density at radius 3 is 2.96 bits per heavy atom. The van der Waals surface area contributed by atoms with E-state index < -0.39 is 0 Å². The van der Waals surface area contributed by atoms with E-state index >= 15 is 0 Å². The quantitative estimate of drug-likeness (QED) is 0.702. The number of benzene rings is 1. The highest BCUT2D eigenvalue weighted by molar-refractivity contribution is 7.99. The number of aromatic nitrogens is 2. The van der Waals surface area contributed by atoms with E-state index in [1.165, 1.54) is 37.4 Å². The van der Waals surface area contributed by atoms with Crippen molar-refractivity contribution in [2.24, 2.45) is 17.8 Å². The van der Waals surface area contributed by atoms with Gasteiger partial charge in [-0.15, -0.1) is 0 Å². The molecule has 2 saturated carbocycles. The zero-order chi connectivity index (χ0) is 18.8. The van der Waals surface area contributed by atoms with E-state index in [0.29, 0.717) is 18.3 Å². The Balaban J connectivity index is 1.37. The Kier molecular flexibility index (Phi) is 5.74. The van der Waals surface area contributed by atoms with Crippen LogP contribution in [0.4, 0.5) is 0 Å². The molecule has 146 valence electrons. The van der Waals surface area contributed by atoms with Gasteiger partial charge in [-0.05, 0) is 56.1 Å². The molecule has 2 aromatic rings. The summed E-state index contributed by atoms with van der Waals surface area (Å²) in [5.74, 6) is 2.93. The maximum atomic E-state index is 12.5. The molecule has 2 aliphatic carbocycles. The van der Waals surface area contributed by atoms with Crippen molar-refractivity contribution in [1.82, 2.24) is 14.9 Å². The van der Waals surface area contributed by atoms with Gasteiger partial charge in [-0.1, -0.05) is 30.3 Å². The molecule has 6 heteroatoms. The highest BCUT2D eigenvalue weighted by atomic mass is 32.2. The van der Waals surface area contributed by atoms with E-state index in [9.17, 15) is 4.79 Å². The van der Waals surface area contributed by atoms with Gasteiger partial charge in [0.25, 0.3) is 0 Å². The van der Waals surface area contributed by atoms with Gasteiger partial charge >= 0.3 is 0 Å². The number of hydrogen-bond donors (Lipinski definition) is 1. The number of hydrogen-bond acceptors (Lipinski definition) is 4. The summed E-state index contributed by atoms with van der Waals surface area (Å²) in [7, 11) is 1.70. The molecule has 1 heterocycles. The molecule has 1 aromatic carbocycles. The van der Waals surface area contributed by atoms with E-state index in [-0.39, 0.29) is 11.9 Å². The maximum Gasteiger partial charge on any atom is 0.230 e. The predicted molar refractivity (Wildman–Crippen MR) is 109 cm³/mol. The number of carbonyl (C=O) groups is 1. The molecule has 5 nitrogen and oxygen atoms in total. The minimum atomic E-state index is 0.112. The Hall–Kier alpha value is -1.53. The van der Waals surface area contributed by atoms with E-state index in [1.54, 1.807) is 7.11 Å². The van der Waals surface area contributed by atoms with Crippen LogP contribution in [0.1, 0.15) is 32.6 Å². The summed E-state index contributed by atoms with van der Waals surface area (Å²) in [5, 5.41) is 4.14. The summed E-state index contributed by atoms with van der Waals surface area (Å²) in [6.45, 7) is 3.55. The van der Waals surface area contributed by atoms with Gasteiger partial charge < -0.3 is 14.6 Å². The third-order valence-corrected chi connectivity index (χ3v) is 7.27. The summed E-state index contributed by atoms with van der Waals surface area (Å²) < 4.78 is 7.39. The number of methoxy groups -OCH3 is 1. The SMILES string of the molecule is COCCn1c(SCC(=O)N[C@H](C)[C@H]2C[C@H]3CC[C@H]2C3)nc2ccccc21. The first-order valence-electron chi connectivity index (χ1n) is 10.0. The van der Waals surface area contributed by atoms with Crippen LogP contribution >= 0.6 is 11.8 Å². The van der Waals surface area contributed by atoms with Gasteiger partial charge in [-0.2, -0.15) is 0 Å². The topological polar surface area (TPSA) is 56.1 Å². The second kappa shape index (κ2) is 8.23. The van der Waals surface area contributed by atoms with Gasteiger partial charge in [0.2, 0.25) is 5.91 Å². The summed E-state index contributed by atoms with van der Waals surface area (Å²) >= 11 is 1.52. The zero-order valence-corrected chi connectivity index (χ0v) is 17.0. The van der Waals surface area contributed by atoms with Crippen molar-refractivity contribution >= 4 is 28.7 Å². The molecule has 0 saturated heterocycles. The minimum Gasteiger partial charge on any atom is -0.383 e. The minimum absolute atomic E-state index is 0.112. The van der Waals surface area contributed by atoms with E-state index in [0.717, 1.165) is 34.6 Å². The van der Waals surface area contributed by atoms with Gasteiger partial charge in [-0.3, -0.25) is 4.79 Å². The lowest BCUT2D eigenvalue weighted by molar-refractivity contribution is -0.119. The number of carbonyl (C=O) groups excluding carboxylic acids is 1. The molecule has 27 heavy (non-hydrogen) atoms. The molecule has 1 amide bonds. The Bertz CT molecular complexity index is 806. The van der Waals surface area contributed by atoms with E-state index in [2.05, 4.69) is 22.9 Å². The molecule has 4 rings (SSSR count). The Morgan fingerprint density at radius 1 is 1.37 bits per heavy atom. The highest BCUT2D eigenvalue weighted by Gasteiger charge is 2.42. The summed E-state index contributed by atoms with van der Waals surface area (Å²) in [5.41, 5.74) is 2.06. The first-order valence-corrected chi connectivity index (χ1v) is 11.0. The van der Waals surface area contributed by atoms with E-state index in [4.69, 9.17) is 9.72 Å². The monoisotopic (exact) mass is 387 g/mol. The molecule has 1 aromatic heterocycles. The van der Waals surface area contributed by atoms with Crippen LogP contribution in [0.25, 0.3) is 11.0 Å². The Morgan fingerprint density at radius 2 is 2.22 bits per heavy atom. The number of para-hydroxylation sites is 2. The van der Waals surface area contributed by atoms with Crippen molar-refractivity contribution in [3.63, 3.8) is 0 Å². The van der Waals surface area contributed by atoms with E-state index in [1.807, 2.05) is 18.2 Å². The molecule has 1 N–H and O–H groups in total. The van der Waals surface area contributed by atoms with Crippen LogP contribution in [0.5, 0.6) is 0 Å². The molecule has 0 radical (unpaired) electrons. The first-order chi connectivity index (χ1) is 13.2. The fourth-order valence-corrected chi connectivity index (χ4v) is 5.85. The third kappa shape index (κ3) is 4.02. The van der Waals surface area contributed by atoms with Crippen molar-refractivity contribution in [2.45, 2.75) is 50.4 Å². The number of rotatable bonds is 8. The van der Waals surface area contributed by atoms with Gasteiger partial charge in [0.1, 0.15) is 0 Å². The summed E-state index contributed by atoms with van der Waals surface area (Å²) in [4.78, 5) is 17.3. The summed E-state index contributed by atoms with van der Waals surface area (Å²) in [6.07, 6.45) is 5.43. The molecule has 2 fully saturated rings. The second-order valence-electron chi connectivity index (χ2n) is 8.01. The Labute approximate surface area is 165 Å². The van der Waals surface area contributed by atoms with Crippen molar-refractivity contribution in [2.75, 3.05) is 19.5 Å². The average molecular weight is 388 g/mol. The number of imidazole rings is 1. The van der Waals surface area contributed by atoms with Crippen molar-refractivity contribution in [3.05, 3.63) is 24.3 Å². The van der Waals surface area contributed by atoms with Crippen molar-refractivity contribution in [3.8, 4) is 0 Å². The summed E-state index contributed by atoms with van der Waals surface area (Å²) in [6, 6.07) is 8.37. The molecular weight excluding hydrogens is 358 g/mol. The van der Waals surface area contributed by atoms with Crippen LogP contribution in [-0.2, 0) is 16.1 Å². The standard InChI is InChI=1S/C21H29N3O2S/c1-14(17-12-15-7-8-16(17)11-15)22-20(25)13-27-21-23-18-5-3-4-6-19(18)24(21)9-10-26-2/h3-6,14-17H,7-13H2,1-2H3,(H,22,25)/t14-,15+,16+,17-/m1/s1. The number of thioether (sulfide) groups is 1. The maximum absolute atomic E-state index is 12.5. The highest BCUT2D eigenvalue weighted by Crippen LogP contribution is 2.49. The van der Waals surface area contributed by atoms with Gasteiger partial charge in [-0.25, -0.2) is 4.98 Å². The van der Waals surface area contributed by atoms with Crippen LogP contribution in [-0.4, -0.2) is 41.0 Å². The van der Waals surface area contributed by atoms with Crippen LogP contribution in [0.15, 0.2) is 29.4 Å². The van der Waals surface area contributed by atoms with Crippen molar-refractivity contribution < 1.29 is 9.53 Å². The third-order valence-electron chi connectivity index (χ3n) is 6.29. The zero-order valence-electron chi connectivity index (χ0n) is 16.2. The molecular formula is C21H29N3O2S. The average Bonchev–Trinajstić information content (AvgIpc) is 3.38. The number of fused-ring (bicyclic) bond motifs is 3. The fraction of sp³-hybridized carbons (Fsp3) is 0.619. The predicted octanol–water partition coefficient (Wildman–Crippen LogP) is 3.72. The van der Waals surface area contributed by atoms with Gasteiger partial charge in [0, 0.05) is 19.7 Å². The normalized spacial score (nSPS) is 25.2. The number of ether oxygens (including phenoxy) is 1. The largest absolute Gasteiger partial charge is 0.383 e. The molecule has 2 aliphatic rings. The molecule has 0 spiro atoms. The van der Waals surface area contributed by atoms with Crippen LogP contribution in [0.2, 0.25) is 0 Å². The van der Waals surface area contributed by atoms with Crippen LogP contribution in [0, 0.1) is 17.8 Å². The number of amides is 1. The van der Waals surface area contributed by atoms with Crippen molar-refractivity contribution in [1.29, 1.82) is 0 Å². The molecule has 0 aliphatic heterocycles. The molecule has 0 unspecified atom stereocenters. The molecule has 2 bridgehead atoms. The lowest BCUT2D eigenvalue weighted by atomic mass is 9.84. The number of nitrogens with one attached hydrogen (secondary N) is 1. The number of nitrogens with zero attached hydrogens (tertiary/aromatic N) is 2. The van der Waals surface area contributed by atoms with Gasteiger partial charge in [0.05, 0.1) is 23.4 Å². The van der Waals surface area contributed by atoms with Crippen LogP contribution < -0.4 is 5.32 Å². The molecule has 4 atom stereocenters.